The maximum absolute atomic E-state index is 5.24. The molecule has 0 amide bonds. The summed E-state index contributed by atoms with van der Waals surface area (Å²) in [4.78, 5) is 4.45. The zero-order valence-electron chi connectivity index (χ0n) is 15.1. The molecule has 3 rings (SSSR count). The summed E-state index contributed by atoms with van der Waals surface area (Å²) in [6, 6.07) is 16.4. The van der Waals surface area contributed by atoms with Crippen molar-refractivity contribution in [3.63, 3.8) is 0 Å². The van der Waals surface area contributed by atoms with Gasteiger partial charge in [-0.15, -0.1) is 5.10 Å². The lowest BCUT2D eigenvalue weighted by atomic mass is 10.1. The van der Waals surface area contributed by atoms with E-state index >= 15 is 0 Å². The Bertz CT molecular complexity index is 853. The van der Waals surface area contributed by atoms with Crippen LogP contribution in [-0.2, 0) is 13.0 Å². The Kier molecular flexibility index (Phi) is 5.98. The van der Waals surface area contributed by atoms with Crippen molar-refractivity contribution in [2.24, 2.45) is 0 Å². The van der Waals surface area contributed by atoms with Gasteiger partial charge >= 0.3 is 0 Å². The molecule has 0 fully saturated rings. The van der Waals surface area contributed by atoms with E-state index in [4.69, 9.17) is 4.74 Å². The van der Waals surface area contributed by atoms with E-state index in [0.717, 1.165) is 18.7 Å². The Labute approximate surface area is 153 Å². The molecule has 0 saturated heterocycles. The van der Waals surface area contributed by atoms with Gasteiger partial charge in [0.25, 0.3) is 0 Å². The van der Waals surface area contributed by atoms with Crippen molar-refractivity contribution in [1.82, 2.24) is 15.2 Å². The van der Waals surface area contributed by atoms with Gasteiger partial charge < -0.3 is 15.4 Å². The lowest BCUT2D eigenvalue weighted by molar-refractivity contribution is 0.414. The van der Waals surface area contributed by atoms with Crippen LogP contribution in [-0.4, -0.2) is 28.8 Å². The van der Waals surface area contributed by atoms with Crippen LogP contribution in [0.1, 0.15) is 16.7 Å². The van der Waals surface area contributed by atoms with Gasteiger partial charge in [0.05, 0.1) is 13.3 Å². The highest BCUT2D eigenvalue weighted by Gasteiger charge is 2.02. The summed E-state index contributed by atoms with van der Waals surface area (Å²) in [5, 5.41) is 14.5. The van der Waals surface area contributed by atoms with Crippen LogP contribution in [0.3, 0.4) is 0 Å². The molecule has 26 heavy (non-hydrogen) atoms. The van der Waals surface area contributed by atoms with Crippen LogP contribution in [0.25, 0.3) is 0 Å². The van der Waals surface area contributed by atoms with Gasteiger partial charge in [-0.1, -0.05) is 42.0 Å². The van der Waals surface area contributed by atoms with Crippen molar-refractivity contribution >= 4 is 11.8 Å². The molecular formula is C20H23N5O. The summed E-state index contributed by atoms with van der Waals surface area (Å²) in [6.45, 7) is 3.50. The van der Waals surface area contributed by atoms with E-state index in [0.29, 0.717) is 18.3 Å². The van der Waals surface area contributed by atoms with Gasteiger partial charge in [-0.3, -0.25) is 0 Å². The molecule has 0 unspecified atom stereocenters. The van der Waals surface area contributed by atoms with Crippen molar-refractivity contribution < 1.29 is 4.74 Å². The predicted molar refractivity (Wildman–Crippen MR) is 104 cm³/mol. The summed E-state index contributed by atoms with van der Waals surface area (Å²) < 4.78 is 5.24. The van der Waals surface area contributed by atoms with E-state index in [9.17, 15) is 0 Å². The van der Waals surface area contributed by atoms with E-state index in [-0.39, 0.29) is 0 Å². The minimum Gasteiger partial charge on any atom is -0.497 e. The molecule has 6 heteroatoms. The van der Waals surface area contributed by atoms with Crippen LogP contribution in [0, 0.1) is 6.92 Å². The van der Waals surface area contributed by atoms with Gasteiger partial charge in [-0.2, -0.15) is 10.1 Å². The number of ether oxygens (including phenoxy) is 1. The standard InChI is InChI=1S/C20H23N5O/c1-15-5-3-7-17(11-15)13-22-19-14-23-25-20(24-19)21-10-9-16-6-4-8-18(12-16)26-2/h3-8,11-12,14H,9-10,13H2,1-2H3,(H2,21,22,24,25). The molecule has 2 N–H and O–H groups in total. The van der Waals surface area contributed by atoms with Crippen LogP contribution in [0.5, 0.6) is 5.75 Å². The number of hydrogen-bond donors (Lipinski definition) is 2. The van der Waals surface area contributed by atoms with E-state index in [1.807, 2.05) is 18.2 Å². The molecule has 0 spiro atoms. The fourth-order valence-corrected chi connectivity index (χ4v) is 2.62. The Balaban J connectivity index is 1.52. The second-order valence-electron chi connectivity index (χ2n) is 6.04. The van der Waals surface area contributed by atoms with Gasteiger partial charge in [0.1, 0.15) is 5.75 Å². The molecule has 0 saturated carbocycles. The molecule has 0 atom stereocenters. The third kappa shape index (κ3) is 5.17. The summed E-state index contributed by atoms with van der Waals surface area (Å²) in [7, 11) is 1.67. The molecule has 0 aliphatic heterocycles. The van der Waals surface area contributed by atoms with Gasteiger partial charge in [-0.05, 0) is 36.6 Å². The zero-order valence-corrected chi connectivity index (χ0v) is 15.1. The lowest BCUT2D eigenvalue weighted by Crippen LogP contribution is -2.10. The Morgan fingerprint density at radius 3 is 2.69 bits per heavy atom. The molecule has 134 valence electrons. The summed E-state index contributed by atoms with van der Waals surface area (Å²) in [6.07, 6.45) is 2.48. The third-order valence-electron chi connectivity index (χ3n) is 3.95. The summed E-state index contributed by atoms with van der Waals surface area (Å²) in [5.74, 6) is 2.08. The lowest BCUT2D eigenvalue weighted by Gasteiger charge is -2.09. The average molecular weight is 349 g/mol. The van der Waals surface area contributed by atoms with Crippen LogP contribution in [0.4, 0.5) is 11.8 Å². The van der Waals surface area contributed by atoms with E-state index < -0.39 is 0 Å². The van der Waals surface area contributed by atoms with E-state index in [1.165, 1.54) is 16.7 Å². The highest BCUT2D eigenvalue weighted by molar-refractivity contribution is 5.38. The first-order valence-corrected chi connectivity index (χ1v) is 8.59. The van der Waals surface area contributed by atoms with E-state index in [2.05, 4.69) is 63.1 Å². The smallest absolute Gasteiger partial charge is 0.244 e. The maximum atomic E-state index is 5.24. The number of methoxy groups -OCH3 is 1. The predicted octanol–water partition coefficient (Wildman–Crippen LogP) is 3.46. The summed E-state index contributed by atoms with van der Waals surface area (Å²) >= 11 is 0. The van der Waals surface area contributed by atoms with Crippen molar-refractivity contribution in [3.05, 3.63) is 71.4 Å². The number of nitrogens with zero attached hydrogens (tertiary/aromatic N) is 3. The second kappa shape index (κ2) is 8.80. The quantitative estimate of drug-likeness (QED) is 0.649. The number of aryl methyl sites for hydroxylation is 1. The van der Waals surface area contributed by atoms with Gasteiger partial charge in [0.15, 0.2) is 5.82 Å². The Morgan fingerprint density at radius 1 is 1.00 bits per heavy atom. The number of benzene rings is 2. The minimum absolute atomic E-state index is 0.516. The minimum atomic E-state index is 0.516. The number of aromatic nitrogens is 3. The molecule has 6 nitrogen and oxygen atoms in total. The normalized spacial score (nSPS) is 10.4. The van der Waals surface area contributed by atoms with Gasteiger partial charge in [-0.25, -0.2) is 0 Å². The highest BCUT2D eigenvalue weighted by Crippen LogP contribution is 2.13. The van der Waals surface area contributed by atoms with Crippen LogP contribution < -0.4 is 15.4 Å². The molecule has 0 aliphatic carbocycles. The number of rotatable bonds is 8. The van der Waals surface area contributed by atoms with Crippen LogP contribution in [0.2, 0.25) is 0 Å². The first-order valence-electron chi connectivity index (χ1n) is 8.59. The van der Waals surface area contributed by atoms with Crippen molar-refractivity contribution in [3.8, 4) is 5.75 Å². The third-order valence-corrected chi connectivity index (χ3v) is 3.95. The summed E-state index contributed by atoms with van der Waals surface area (Å²) in [5.41, 5.74) is 3.64. The zero-order chi connectivity index (χ0) is 18.2. The Morgan fingerprint density at radius 2 is 1.85 bits per heavy atom. The monoisotopic (exact) mass is 349 g/mol. The largest absolute Gasteiger partial charge is 0.497 e. The van der Waals surface area contributed by atoms with Crippen molar-refractivity contribution in [2.75, 3.05) is 24.3 Å². The van der Waals surface area contributed by atoms with Crippen molar-refractivity contribution in [1.29, 1.82) is 0 Å². The van der Waals surface area contributed by atoms with Gasteiger partial charge in [0.2, 0.25) is 5.95 Å². The first-order chi connectivity index (χ1) is 12.7. The van der Waals surface area contributed by atoms with Crippen LogP contribution >= 0.6 is 0 Å². The second-order valence-corrected chi connectivity index (χ2v) is 6.04. The maximum Gasteiger partial charge on any atom is 0.244 e. The number of hydrogen-bond acceptors (Lipinski definition) is 6. The van der Waals surface area contributed by atoms with E-state index in [1.54, 1.807) is 13.3 Å². The molecule has 1 heterocycles. The topological polar surface area (TPSA) is 72.0 Å². The van der Waals surface area contributed by atoms with Crippen LogP contribution in [0.15, 0.2) is 54.7 Å². The molecule has 0 aliphatic rings. The first kappa shape index (κ1) is 17.7. The molecule has 3 aromatic rings. The molecular weight excluding hydrogens is 326 g/mol. The number of anilines is 2. The average Bonchev–Trinajstić information content (AvgIpc) is 2.67. The molecule has 2 aromatic carbocycles. The van der Waals surface area contributed by atoms with Gasteiger partial charge in [0, 0.05) is 13.1 Å². The molecule has 1 aromatic heterocycles. The Hall–Kier alpha value is -3.15. The van der Waals surface area contributed by atoms with Crippen molar-refractivity contribution in [2.45, 2.75) is 19.9 Å². The molecule has 0 bridgehead atoms. The SMILES string of the molecule is COc1cccc(CCNc2nncc(NCc3cccc(C)c3)n2)c1. The number of nitrogens with one attached hydrogen (secondary N) is 2. The fourth-order valence-electron chi connectivity index (χ4n) is 2.62. The highest BCUT2D eigenvalue weighted by atomic mass is 16.5. The fraction of sp³-hybridized carbons (Fsp3) is 0.250. The molecule has 0 radical (unpaired) electrons.